The molecular formula is C12H13FN4O. The van der Waals surface area contributed by atoms with Crippen molar-refractivity contribution in [2.75, 3.05) is 18.1 Å². The fourth-order valence-electron chi connectivity index (χ4n) is 2.35. The summed E-state index contributed by atoms with van der Waals surface area (Å²) in [6.45, 7) is 1.22. The Hall–Kier alpha value is -1.98. The van der Waals surface area contributed by atoms with Gasteiger partial charge in [0.1, 0.15) is 18.5 Å². The van der Waals surface area contributed by atoms with E-state index in [2.05, 4.69) is 10.3 Å². The third-order valence-electron chi connectivity index (χ3n) is 3.25. The maximum atomic E-state index is 12.9. The summed E-state index contributed by atoms with van der Waals surface area (Å²) >= 11 is 0. The highest BCUT2D eigenvalue weighted by atomic mass is 19.1. The standard InChI is InChI=1S/C12H13FN4O/c13-9-3-5-10(6-4-9)17-11(8-14-15-17)16-7-1-2-12(16)18/h3-6,11H,1-2,7-8H2. The molecule has 94 valence electrons. The van der Waals surface area contributed by atoms with Gasteiger partial charge in [-0.2, -0.15) is 5.11 Å². The molecule has 1 aromatic rings. The number of halogens is 1. The summed E-state index contributed by atoms with van der Waals surface area (Å²) < 4.78 is 12.9. The summed E-state index contributed by atoms with van der Waals surface area (Å²) in [6.07, 6.45) is 1.31. The zero-order valence-corrected chi connectivity index (χ0v) is 9.79. The molecular weight excluding hydrogens is 235 g/mol. The molecule has 0 bridgehead atoms. The molecule has 5 nitrogen and oxygen atoms in total. The summed E-state index contributed by atoms with van der Waals surface area (Å²) in [5, 5.41) is 9.71. The molecule has 0 radical (unpaired) electrons. The molecule has 2 aliphatic heterocycles. The minimum absolute atomic E-state index is 0.138. The fraction of sp³-hybridized carbons (Fsp3) is 0.417. The number of benzene rings is 1. The summed E-state index contributed by atoms with van der Waals surface area (Å²) in [4.78, 5) is 13.5. The second kappa shape index (κ2) is 4.36. The summed E-state index contributed by atoms with van der Waals surface area (Å²) in [5.41, 5.74) is 0.752. The average molecular weight is 248 g/mol. The number of likely N-dealkylation sites (tertiary alicyclic amines) is 1. The van der Waals surface area contributed by atoms with Crippen LogP contribution >= 0.6 is 0 Å². The number of hydrogen-bond donors (Lipinski definition) is 0. The Bertz CT molecular complexity index is 487. The van der Waals surface area contributed by atoms with Gasteiger partial charge in [-0.1, -0.05) is 5.22 Å². The zero-order chi connectivity index (χ0) is 12.5. The second-order valence-electron chi connectivity index (χ2n) is 4.41. The molecule has 0 aromatic heterocycles. The van der Waals surface area contributed by atoms with Crippen LogP contribution in [0.1, 0.15) is 12.8 Å². The van der Waals surface area contributed by atoms with Crippen LogP contribution in [0.4, 0.5) is 10.1 Å². The van der Waals surface area contributed by atoms with Crippen molar-refractivity contribution in [1.29, 1.82) is 0 Å². The van der Waals surface area contributed by atoms with Crippen molar-refractivity contribution >= 4 is 11.6 Å². The lowest BCUT2D eigenvalue weighted by Gasteiger charge is -2.29. The number of amides is 1. The molecule has 0 aliphatic carbocycles. The number of nitrogens with zero attached hydrogens (tertiary/aromatic N) is 4. The molecule has 18 heavy (non-hydrogen) atoms. The summed E-state index contributed by atoms with van der Waals surface area (Å²) in [6, 6.07) is 6.05. The van der Waals surface area contributed by atoms with Crippen LogP contribution in [-0.2, 0) is 4.79 Å². The van der Waals surface area contributed by atoms with E-state index in [1.165, 1.54) is 12.1 Å². The molecule has 1 aromatic carbocycles. The first-order chi connectivity index (χ1) is 8.75. The predicted molar refractivity (Wildman–Crippen MR) is 63.3 cm³/mol. The molecule has 1 fully saturated rings. The molecule has 1 atom stereocenters. The van der Waals surface area contributed by atoms with Crippen molar-refractivity contribution in [1.82, 2.24) is 4.90 Å². The smallest absolute Gasteiger partial charge is 0.224 e. The third kappa shape index (κ3) is 1.83. The van der Waals surface area contributed by atoms with E-state index in [-0.39, 0.29) is 17.9 Å². The van der Waals surface area contributed by atoms with Crippen LogP contribution in [0.5, 0.6) is 0 Å². The number of anilines is 1. The molecule has 2 heterocycles. The first-order valence-electron chi connectivity index (χ1n) is 5.97. The van der Waals surface area contributed by atoms with Crippen LogP contribution in [0.2, 0.25) is 0 Å². The van der Waals surface area contributed by atoms with E-state index in [0.717, 1.165) is 18.7 Å². The van der Waals surface area contributed by atoms with E-state index in [9.17, 15) is 9.18 Å². The van der Waals surface area contributed by atoms with Crippen LogP contribution < -0.4 is 5.01 Å². The topological polar surface area (TPSA) is 48.3 Å². The molecule has 1 saturated heterocycles. The molecule has 0 saturated carbocycles. The highest BCUT2D eigenvalue weighted by Crippen LogP contribution is 2.26. The van der Waals surface area contributed by atoms with Crippen molar-refractivity contribution in [3.8, 4) is 0 Å². The van der Waals surface area contributed by atoms with Gasteiger partial charge in [0.05, 0.1) is 5.69 Å². The van der Waals surface area contributed by atoms with E-state index in [1.807, 2.05) is 0 Å². The highest BCUT2D eigenvalue weighted by molar-refractivity contribution is 5.79. The van der Waals surface area contributed by atoms with E-state index in [0.29, 0.717) is 13.0 Å². The van der Waals surface area contributed by atoms with Crippen LogP contribution in [-0.4, -0.2) is 30.1 Å². The lowest BCUT2D eigenvalue weighted by Crippen LogP contribution is -2.46. The Morgan fingerprint density at radius 1 is 1.28 bits per heavy atom. The van der Waals surface area contributed by atoms with Crippen LogP contribution in [0.15, 0.2) is 34.6 Å². The summed E-state index contributed by atoms with van der Waals surface area (Å²) in [7, 11) is 0. The number of hydrogen-bond acceptors (Lipinski definition) is 4. The van der Waals surface area contributed by atoms with Crippen molar-refractivity contribution in [2.24, 2.45) is 10.3 Å². The Morgan fingerprint density at radius 3 is 2.72 bits per heavy atom. The predicted octanol–water partition coefficient (Wildman–Crippen LogP) is 1.96. The van der Waals surface area contributed by atoms with Crippen molar-refractivity contribution in [2.45, 2.75) is 19.0 Å². The Morgan fingerprint density at radius 2 is 2.06 bits per heavy atom. The Balaban J connectivity index is 1.84. The molecule has 0 spiro atoms. The minimum Gasteiger partial charge on any atom is -0.319 e. The van der Waals surface area contributed by atoms with Crippen LogP contribution in [0.3, 0.4) is 0 Å². The Labute approximate surface area is 104 Å². The largest absolute Gasteiger partial charge is 0.319 e. The van der Waals surface area contributed by atoms with Gasteiger partial charge in [-0.05, 0) is 30.7 Å². The average Bonchev–Trinajstić information content (AvgIpc) is 2.98. The van der Waals surface area contributed by atoms with Gasteiger partial charge in [0.25, 0.3) is 0 Å². The van der Waals surface area contributed by atoms with E-state index in [1.54, 1.807) is 22.0 Å². The maximum Gasteiger partial charge on any atom is 0.224 e. The van der Waals surface area contributed by atoms with Crippen molar-refractivity contribution in [3.05, 3.63) is 30.1 Å². The van der Waals surface area contributed by atoms with Gasteiger partial charge in [0.2, 0.25) is 5.91 Å². The molecule has 3 rings (SSSR count). The monoisotopic (exact) mass is 248 g/mol. The highest BCUT2D eigenvalue weighted by Gasteiger charge is 2.35. The SMILES string of the molecule is O=C1CCCN1C1CN=NN1c1ccc(F)cc1. The molecule has 1 unspecified atom stereocenters. The number of carbonyl (C=O) groups is 1. The van der Waals surface area contributed by atoms with Gasteiger partial charge in [0, 0.05) is 13.0 Å². The van der Waals surface area contributed by atoms with E-state index >= 15 is 0 Å². The summed E-state index contributed by atoms with van der Waals surface area (Å²) in [5.74, 6) is -0.150. The van der Waals surface area contributed by atoms with Gasteiger partial charge < -0.3 is 4.90 Å². The molecule has 1 amide bonds. The molecule has 6 heteroatoms. The lowest BCUT2D eigenvalue weighted by molar-refractivity contribution is -0.129. The van der Waals surface area contributed by atoms with Gasteiger partial charge in [0.15, 0.2) is 0 Å². The maximum absolute atomic E-state index is 12.9. The first kappa shape index (κ1) is 11.1. The normalized spacial score (nSPS) is 23.2. The van der Waals surface area contributed by atoms with Gasteiger partial charge in [-0.15, -0.1) is 0 Å². The second-order valence-corrected chi connectivity index (χ2v) is 4.41. The number of rotatable bonds is 2. The van der Waals surface area contributed by atoms with Crippen LogP contribution in [0, 0.1) is 5.82 Å². The van der Waals surface area contributed by atoms with E-state index in [4.69, 9.17) is 0 Å². The van der Waals surface area contributed by atoms with Crippen LogP contribution in [0.25, 0.3) is 0 Å². The molecule has 0 N–H and O–H groups in total. The minimum atomic E-state index is -0.288. The third-order valence-corrected chi connectivity index (χ3v) is 3.25. The zero-order valence-electron chi connectivity index (χ0n) is 9.79. The van der Waals surface area contributed by atoms with E-state index < -0.39 is 0 Å². The quantitative estimate of drug-likeness (QED) is 0.803. The van der Waals surface area contributed by atoms with Crippen molar-refractivity contribution in [3.63, 3.8) is 0 Å². The fourth-order valence-corrected chi connectivity index (χ4v) is 2.35. The van der Waals surface area contributed by atoms with Crippen molar-refractivity contribution < 1.29 is 9.18 Å². The lowest BCUT2D eigenvalue weighted by atomic mass is 10.3. The Kier molecular flexibility index (Phi) is 2.70. The van der Waals surface area contributed by atoms with Gasteiger partial charge in [-0.3, -0.25) is 4.79 Å². The number of carbonyl (C=O) groups excluding carboxylic acids is 1. The first-order valence-corrected chi connectivity index (χ1v) is 5.97. The van der Waals surface area contributed by atoms with Gasteiger partial charge >= 0.3 is 0 Å². The molecule has 2 aliphatic rings. The van der Waals surface area contributed by atoms with Gasteiger partial charge in [-0.25, -0.2) is 9.40 Å².